The molecule has 2 aromatic rings. The first-order valence-corrected chi connectivity index (χ1v) is 17.1. The molecule has 2 saturated heterocycles. The molecular weight excluding hydrogens is 570 g/mol. The van der Waals surface area contributed by atoms with Gasteiger partial charge in [-0.2, -0.15) is 0 Å². The molecule has 2 aliphatic carbocycles. The fraction of sp³-hybridized carbons (Fsp3) is 0.714. The van der Waals surface area contributed by atoms with Gasteiger partial charge in [-0.05, 0) is 133 Å². The lowest BCUT2D eigenvalue weighted by Crippen LogP contribution is -2.48. The highest BCUT2D eigenvalue weighted by atomic mass is 16.6. The number of rotatable bonds is 7. The summed E-state index contributed by atoms with van der Waals surface area (Å²) >= 11 is 0. The number of carbonyl (C=O) groups is 3. The van der Waals surface area contributed by atoms with Gasteiger partial charge in [0.1, 0.15) is 11.6 Å². The van der Waals surface area contributed by atoms with Crippen LogP contribution in [0.2, 0.25) is 0 Å². The molecule has 0 bridgehead atoms. The molecule has 2 aliphatic heterocycles. The average Bonchev–Trinajstić information content (AvgIpc) is 3.21. The molecule has 1 unspecified atom stereocenters. The molecule has 1 atom stereocenters. The monoisotopic (exact) mass is 621 g/mol. The van der Waals surface area contributed by atoms with Crippen LogP contribution in [-0.4, -0.2) is 63.2 Å². The summed E-state index contributed by atoms with van der Waals surface area (Å²) in [5.41, 5.74) is 2.68. The van der Waals surface area contributed by atoms with Gasteiger partial charge in [0.25, 0.3) is 0 Å². The van der Waals surface area contributed by atoms with E-state index in [0.717, 1.165) is 42.3 Å². The number of aromatic nitrogens is 2. The van der Waals surface area contributed by atoms with Crippen LogP contribution in [0.4, 0.5) is 4.79 Å². The number of fused-ring (bicyclic) bond motifs is 1. The maximum Gasteiger partial charge on any atom is 0.407 e. The highest BCUT2D eigenvalue weighted by Gasteiger charge is 2.45. The molecule has 0 radical (unpaired) electrons. The maximum atomic E-state index is 13.3. The van der Waals surface area contributed by atoms with Crippen molar-refractivity contribution < 1.29 is 19.1 Å². The summed E-state index contributed by atoms with van der Waals surface area (Å²) in [5, 5.41) is 5.46. The number of alkyl carbamates (subject to hydrolysis) is 1. The SMILES string of the molecule is Cn1c(=O)n(C2CCC(=O)NC2=O)c2cccc(CCC3CC4(CCN(CC5CCC(NC(=O)OC(C)(C)C)CC5)CC4)C3)c21. The zero-order chi connectivity index (χ0) is 31.9. The number of nitrogens with zero attached hydrogens (tertiary/aromatic N) is 3. The number of imide groups is 1. The van der Waals surface area contributed by atoms with Gasteiger partial charge in [0.05, 0.1) is 11.0 Å². The third-order valence-electron chi connectivity index (χ3n) is 11.0. The van der Waals surface area contributed by atoms with Gasteiger partial charge in [-0.1, -0.05) is 12.1 Å². The molecule has 2 N–H and O–H groups in total. The Hall–Kier alpha value is -3.14. The lowest BCUT2D eigenvalue weighted by Gasteiger charge is -2.53. The van der Waals surface area contributed by atoms with E-state index in [0.29, 0.717) is 23.7 Å². The van der Waals surface area contributed by atoms with Gasteiger partial charge < -0.3 is 15.0 Å². The summed E-state index contributed by atoms with van der Waals surface area (Å²) in [6.07, 6.45) is 11.9. The van der Waals surface area contributed by atoms with E-state index in [4.69, 9.17) is 4.74 Å². The molecule has 1 aromatic carbocycles. The second-order valence-corrected chi connectivity index (χ2v) is 15.4. The van der Waals surface area contributed by atoms with E-state index in [1.165, 1.54) is 58.2 Å². The fourth-order valence-electron chi connectivity index (χ4n) is 8.63. The van der Waals surface area contributed by atoms with E-state index in [1.807, 2.05) is 32.9 Å². The third kappa shape index (κ3) is 7.00. The van der Waals surface area contributed by atoms with Crippen molar-refractivity contribution in [2.45, 2.75) is 116 Å². The number of piperidine rings is 2. The van der Waals surface area contributed by atoms with Gasteiger partial charge in [-0.15, -0.1) is 0 Å². The summed E-state index contributed by atoms with van der Waals surface area (Å²) in [4.78, 5) is 52.3. The molecule has 246 valence electrons. The highest BCUT2D eigenvalue weighted by molar-refractivity contribution is 6.00. The number of benzene rings is 1. The average molecular weight is 622 g/mol. The van der Waals surface area contributed by atoms with E-state index >= 15 is 0 Å². The number of imidazole rings is 1. The van der Waals surface area contributed by atoms with Crippen molar-refractivity contribution >= 4 is 28.9 Å². The molecule has 3 amide bonds. The molecule has 4 fully saturated rings. The topological polar surface area (TPSA) is 115 Å². The molecule has 10 nitrogen and oxygen atoms in total. The number of nitrogens with one attached hydrogen (secondary N) is 2. The molecular formula is C35H51N5O5. The Labute approximate surface area is 266 Å². The molecule has 1 aromatic heterocycles. The Balaban J connectivity index is 0.955. The Morgan fingerprint density at radius 1 is 1.02 bits per heavy atom. The smallest absolute Gasteiger partial charge is 0.407 e. The first-order chi connectivity index (χ1) is 21.4. The standard InChI is InChI=1S/C35H51N5O5/c1-34(2,3)45-32(43)36-26-12-9-23(10-13-26)22-39-18-16-35(17-19-39)20-24(21-35)8-11-25-6-5-7-27-30(25)38(4)33(44)40(27)28-14-15-29(41)37-31(28)42/h5-7,23-24,26,28H,8-22H2,1-4H3,(H,36,43)(H,37,41,42). The van der Waals surface area contributed by atoms with Gasteiger partial charge in [0.15, 0.2) is 0 Å². The first kappa shape index (κ1) is 31.8. The van der Waals surface area contributed by atoms with Crippen molar-refractivity contribution in [2.75, 3.05) is 19.6 Å². The quantitative estimate of drug-likeness (QED) is 0.429. The van der Waals surface area contributed by atoms with E-state index in [-0.39, 0.29) is 30.2 Å². The van der Waals surface area contributed by atoms with Gasteiger partial charge in [0.2, 0.25) is 11.8 Å². The third-order valence-corrected chi connectivity index (χ3v) is 11.0. The van der Waals surface area contributed by atoms with E-state index in [2.05, 4.69) is 21.6 Å². The predicted molar refractivity (Wildman–Crippen MR) is 173 cm³/mol. The van der Waals surface area contributed by atoms with Crippen LogP contribution in [0, 0.1) is 17.3 Å². The van der Waals surface area contributed by atoms with Crippen LogP contribution >= 0.6 is 0 Å². The first-order valence-electron chi connectivity index (χ1n) is 17.1. The molecule has 10 heteroatoms. The van der Waals surface area contributed by atoms with E-state index in [9.17, 15) is 19.2 Å². The highest BCUT2D eigenvalue weighted by Crippen LogP contribution is 2.54. The zero-order valence-electron chi connectivity index (χ0n) is 27.5. The van der Waals surface area contributed by atoms with Crippen molar-refractivity contribution in [1.29, 1.82) is 0 Å². The van der Waals surface area contributed by atoms with Crippen LogP contribution in [0.15, 0.2) is 23.0 Å². The van der Waals surface area contributed by atoms with Crippen molar-refractivity contribution in [3.05, 3.63) is 34.2 Å². The van der Waals surface area contributed by atoms with Crippen LogP contribution in [0.3, 0.4) is 0 Å². The summed E-state index contributed by atoms with van der Waals surface area (Å²) in [6, 6.07) is 5.60. The number of amides is 3. The van der Waals surface area contributed by atoms with Crippen LogP contribution < -0.4 is 16.3 Å². The lowest BCUT2D eigenvalue weighted by atomic mass is 9.56. The minimum absolute atomic E-state index is 0.202. The summed E-state index contributed by atoms with van der Waals surface area (Å²) < 4.78 is 8.69. The minimum atomic E-state index is -0.650. The number of hydrogen-bond donors (Lipinski definition) is 2. The number of carbonyl (C=O) groups excluding carboxylic acids is 3. The van der Waals surface area contributed by atoms with Crippen molar-refractivity contribution in [2.24, 2.45) is 24.3 Å². The number of para-hydroxylation sites is 1. The van der Waals surface area contributed by atoms with Gasteiger partial charge in [-0.3, -0.25) is 24.0 Å². The van der Waals surface area contributed by atoms with Gasteiger partial charge in [-0.25, -0.2) is 9.59 Å². The predicted octanol–water partition coefficient (Wildman–Crippen LogP) is 4.83. The van der Waals surface area contributed by atoms with E-state index in [1.54, 1.807) is 16.2 Å². The summed E-state index contributed by atoms with van der Waals surface area (Å²) in [6.45, 7) is 9.26. The van der Waals surface area contributed by atoms with Crippen LogP contribution in [0.25, 0.3) is 11.0 Å². The lowest BCUT2D eigenvalue weighted by molar-refractivity contribution is -0.135. The summed E-state index contributed by atoms with van der Waals surface area (Å²) in [7, 11) is 1.79. The second kappa shape index (κ2) is 12.6. The normalized spacial score (nSPS) is 26.1. The summed E-state index contributed by atoms with van der Waals surface area (Å²) in [5.74, 6) is 0.766. The Bertz CT molecular complexity index is 1480. The molecule has 1 spiro atoms. The molecule has 2 saturated carbocycles. The number of hydrogen-bond acceptors (Lipinski definition) is 6. The zero-order valence-corrected chi connectivity index (χ0v) is 27.5. The Morgan fingerprint density at radius 3 is 2.40 bits per heavy atom. The molecule has 6 rings (SSSR count). The second-order valence-electron chi connectivity index (χ2n) is 15.4. The number of likely N-dealkylation sites (tertiary alicyclic amines) is 1. The number of aryl methyl sites for hydroxylation is 2. The van der Waals surface area contributed by atoms with Crippen molar-refractivity contribution in [3.8, 4) is 0 Å². The van der Waals surface area contributed by atoms with Crippen molar-refractivity contribution in [1.82, 2.24) is 24.7 Å². The van der Waals surface area contributed by atoms with Gasteiger partial charge >= 0.3 is 11.8 Å². The van der Waals surface area contributed by atoms with Crippen molar-refractivity contribution in [3.63, 3.8) is 0 Å². The van der Waals surface area contributed by atoms with Crippen LogP contribution in [-0.2, 0) is 27.8 Å². The largest absolute Gasteiger partial charge is 0.444 e. The van der Waals surface area contributed by atoms with Crippen LogP contribution in [0.5, 0.6) is 0 Å². The van der Waals surface area contributed by atoms with E-state index < -0.39 is 17.6 Å². The Morgan fingerprint density at radius 2 is 1.73 bits per heavy atom. The van der Waals surface area contributed by atoms with Crippen LogP contribution in [0.1, 0.15) is 103 Å². The fourth-order valence-corrected chi connectivity index (χ4v) is 8.63. The molecule has 4 aliphatic rings. The molecule has 45 heavy (non-hydrogen) atoms. The maximum absolute atomic E-state index is 13.3. The number of ether oxygens (including phenoxy) is 1. The minimum Gasteiger partial charge on any atom is -0.444 e. The Kier molecular flexibility index (Phi) is 8.89. The van der Waals surface area contributed by atoms with Gasteiger partial charge in [0, 0.05) is 26.1 Å². The molecule has 3 heterocycles.